The molecule has 2 atom stereocenters. The number of nitrogens with two attached hydrogens (primary N) is 1. The van der Waals surface area contributed by atoms with Crippen molar-refractivity contribution in [2.75, 3.05) is 7.11 Å². The summed E-state index contributed by atoms with van der Waals surface area (Å²) in [6.45, 7) is 2.07. The predicted octanol–water partition coefficient (Wildman–Crippen LogP) is 5.07. The third kappa shape index (κ3) is 4.33. The van der Waals surface area contributed by atoms with E-state index >= 15 is 0 Å². The Labute approximate surface area is 189 Å². The molecule has 0 saturated heterocycles. The van der Waals surface area contributed by atoms with E-state index in [1.165, 1.54) is 5.56 Å². The standard InChI is InChI=1S/C24H22BrClN2O2/c1-14-3-5-15(6-4-14)20-13-21(18-12-17(26)8-9-22(18)29)28-24(27-20)16-7-10-23(30-2)19(25)11-16/h3-13,21,24,27-29H,1-2H3/p+1. The number of methoxy groups -OCH3 is 1. The zero-order valence-electron chi connectivity index (χ0n) is 16.7. The Bertz CT molecular complexity index is 1100. The van der Waals surface area contributed by atoms with Gasteiger partial charge in [-0.15, -0.1) is 0 Å². The van der Waals surface area contributed by atoms with Crippen LogP contribution in [0.1, 0.15) is 34.5 Å². The molecule has 0 amide bonds. The highest BCUT2D eigenvalue weighted by atomic mass is 79.9. The Morgan fingerprint density at radius 3 is 2.53 bits per heavy atom. The van der Waals surface area contributed by atoms with Gasteiger partial charge in [0.1, 0.15) is 17.5 Å². The van der Waals surface area contributed by atoms with Gasteiger partial charge < -0.3 is 20.5 Å². The Morgan fingerprint density at radius 1 is 1.07 bits per heavy atom. The van der Waals surface area contributed by atoms with Crippen molar-refractivity contribution < 1.29 is 15.2 Å². The molecule has 1 heterocycles. The molecule has 0 radical (unpaired) electrons. The van der Waals surface area contributed by atoms with E-state index in [1.807, 2.05) is 18.2 Å². The lowest BCUT2D eigenvalue weighted by molar-refractivity contribution is -0.731. The largest absolute Gasteiger partial charge is 0.507 e. The molecule has 4 rings (SSSR count). The minimum atomic E-state index is -0.105. The van der Waals surface area contributed by atoms with Gasteiger partial charge in [0.15, 0.2) is 6.17 Å². The van der Waals surface area contributed by atoms with E-state index in [4.69, 9.17) is 16.3 Å². The summed E-state index contributed by atoms with van der Waals surface area (Å²) in [5, 5.41) is 16.9. The molecule has 1 aliphatic rings. The van der Waals surface area contributed by atoms with E-state index in [0.29, 0.717) is 5.02 Å². The first-order valence-corrected chi connectivity index (χ1v) is 10.8. The van der Waals surface area contributed by atoms with E-state index < -0.39 is 0 Å². The maximum atomic E-state index is 10.5. The van der Waals surface area contributed by atoms with Crippen LogP contribution in [0.3, 0.4) is 0 Å². The first-order valence-electron chi connectivity index (χ1n) is 9.67. The number of halogens is 2. The number of ether oxygens (including phenoxy) is 1. The van der Waals surface area contributed by atoms with Crippen molar-refractivity contribution in [1.29, 1.82) is 0 Å². The Balaban J connectivity index is 1.77. The molecule has 2 unspecified atom stereocenters. The van der Waals surface area contributed by atoms with Gasteiger partial charge in [0.05, 0.1) is 17.1 Å². The summed E-state index contributed by atoms with van der Waals surface area (Å²) in [4.78, 5) is 0. The quantitative estimate of drug-likeness (QED) is 0.482. The molecular formula is C24H23BrClN2O2+. The minimum Gasteiger partial charge on any atom is -0.507 e. The van der Waals surface area contributed by atoms with Gasteiger partial charge in [0.2, 0.25) is 0 Å². The lowest BCUT2D eigenvalue weighted by atomic mass is 9.97. The van der Waals surface area contributed by atoms with E-state index in [-0.39, 0.29) is 18.0 Å². The minimum absolute atomic E-state index is 0.0584. The van der Waals surface area contributed by atoms with Gasteiger partial charge in [-0.05, 0) is 64.8 Å². The average molecular weight is 487 g/mol. The molecule has 4 N–H and O–H groups in total. The molecule has 154 valence electrons. The lowest BCUT2D eigenvalue weighted by Gasteiger charge is -2.30. The van der Waals surface area contributed by atoms with Crippen molar-refractivity contribution in [3.05, 3.63) is 98.5 Å². The number of rotatable bonds is 4. The van der Waals surface area contributed by atoms with Crippen molar-refractivity contribution in [1.82, 2.24) is 5.32 Å². The topological polar surface area (TPSA) is 58.1 Å². The second-order valence-corrected chi connectivity index (χ2v) is 8.67. The zero-order chi connectivity index (χ0) is 21.3. The highest BCUT2D eigenvalue weighted by Crippen LogP contribution is 2.32. The zero-order valence-corrected chi connectivity index (χ0v) is 19.0. The van der Waals surface area contributed by atoms with Crippen molar-refractivity contribution >= 4 is 33.2 Å². The van der Waals surface area contributed by atoms with E-state index in [1.54, 1.807) is 19.2 Å². The molecular weight excluding hydrogens is 464 g/mol. The van der Waals surface area contributed by atoms with Crippen molar-refractivity contribution in [2.45, 2.75) is 19.1 Å². The molecule has 3 aromatic rings. The maximum Gasteiger partial charge on any atom is 0.186 e. The molecule has 0 aliphatic carbocycles. The second-order valence-electron chi connectivity index (χ2n) is 7.38. The molecule has 0 bridgehead atoms. The van der Waals surface area contributed by atoms with Gasteiger partial charge in [-0.25, -0.2) is 0 Å². The van der Waals surface area contributed by atoms with Crippen molar-refractivity contribution in [2.24, 2.45) is 0 Å². The number of benzene rings is 3. The molecule has 30 heavy (non-hydrogen) atoms. The summed E-state index contributed by atoms with van der Waals surface area (Å²) >= 11 is 9.82. The van der Waals surface area contributed by atoms with Crippen molar-refractivity contribution in [3.8, 4) is 11.5 Å². The van der Waals surface area contributed by atoms with Gasteiger partial charge in [0, 0.05) is 22.4 Å². The fraction of sp³-hybridized carbons (Fsp3) is 0.167. The van der Waals surface area contributed by atoms with Crippen LogP contribution < -0.4 is 15.4 Å². The van der Waals surface area contributed by atoms with E-state index in [9.17, 15) is 5.11 Å². The summed E-state index contributed by atoms with van der Waals surface area (Å²) < 4.78 is 6.27. The number of aryl methyl sites for hydroxylation is 1. The Morgan fingerprint density at radius 2 is 1.83 bits per heavy atom. The highest BCUT2D eigenvalue weighted by molar-refractivity contribution is 9.10. The summed E-state index contributed by atoms with van der Waals surface area (Å²) in [7, 11) is 1.65. The second kappa shape index (κ2) is 8.72. The Kier molecular flexibility index (Phi) is 6.04. The summed E-state index contributed by atoms with van der Waals surface area (Å²) in [6, 6.07) is 19.5. The number of hydrogen-bond acceptors (Lipinski definition) is 3. The fourth-order valence-corrected chi connectivity index (χ4v) is 4.41. The number of phenolic OH excluding ortho intramolecular Hbond substituents is 1. The summed E-state index contributed by atoms with van der Waals surface area (Å²) in [5.74, 6) is 1.02. The lowest BCUT2D eigenvalue weighted by Crippen LogP contribution is -2.89. The first-order chi connectivity index (χ1) is 14.4. The van der Waals surface area contributed by atoms with Crippen LogP contribution >= 0.6 is 27.5 Å². The van der Waals surface area contributed by atoms with Gasteiger partial charge in [-0.3, -0.25) is 0 Å². The van der Waals surface area contributed by atoms with Gasteiger partial charge in [0.25, 0.3) is 0 Å². The van der Waals surface area contributed by atoms with Crippen molar-refractivity contribution in [3.63, 3.8) is 0 Å². The number of nitrogens with one attached hydrogen (secondary N) is 1. The predicted molar refractivity (Wildman–Crippen MR) is 124 cm³/mol. The van der Waals surface area contributed by atoms with Crippen LogP contribution in [0.25, 0.3) is 5.70 Å². The number of aromatic hydroxyl groups is 1. The molecule has 3 aromatic carbocycles. The van der Waals surface area contributed by atoms with E-state index in [2.05, 4.69) is 69.9 Å². The number of phenols is 1. The number of hydrogen-bond donors (Lipinski definition) is 3. The van der Waals surface area contributed by atoms with Crippen LogP contribution in [0, 0.1) is 6.92 Å². The van der Waals surface area contributed by atoms with Crippen LogP contribution in [0.4, 0.5) is 0 Å². The molecule has 0 fully saturated rings. The average Bonchev–Trinajstić information content (AvgIpc) is 2.75. The molecule has 6 heteroatoms. The van der Waals surface area contributed by atoms with Gasteiger partial charge in [-0.1, -0.05) is 41.4 Å². The third-order valence-corrected chi connectivity index (χ3v) is 6.16. The van der Waals surface area contributed by atoms with Gasteiger partial charge >= 0.3 is 0 Å². The molecule has 0 spiro atoms. The first kappa shape index (κ1) is 20.8. The molecule has 0 saturated carbocycles. The molecule has 0 aromatic heterocycles. The van der Waals surface area contributed by atoms with Crippen LogP contribution in [0.5, 0.6) is 11.5 Å². The van der Waals surface area contributed by atoms with Crippen LogP contribution in [0.15, 0.2) is 71.2 Å². The fourth-order valence-electron chi connectivity index (χ4n) is 3.68. The molecule has 1 aliphatic heterocycles. The van der Waals surface area contributed by atoms with Crippen LogP contribution in [-0.2, 0) is 0 Å². The smallest absolute Gasteiger partial charge is 0.186 e. The Hall–Kier alpha value is -2.47. The summed E-state index contributed by atoms with van der Waals surface area (Å²) in [6.07, 6.45) is 2.07. The number of quaternary nitrogens is 1. The monoisotopic (exact) mass is 485 g/mol. The van der Waals surface area contributed by atoms with Crippen LogP contribution in [0.2, 0.25) is 5.02 Å². The normalized spacial score (nSPS) is 18.5. The van der Waals surface area contributed by atoms with Gasteiger partial charge in [-0.2, -0.15) is 0 Å². The third-order valence-electron chi connectivity index (χ3n) is 5.30. The highest BCUT2D eigenvalue weighted by Gasteiger charge is 2.30. The summed E-state index contributed by atoms with van der Waals surface area (Å²) in [5.41, 5.74) is 5.19. The SMILES string of the molecule is COc1ccc(C2NC(c3ccc(C)cc3)=CC(c3cc(Cl)ccc3O)[NH2+]2)cc1Br. The maximum absolute atomic E-state index is 10.5. The van der Waals surface area contributed by atoms with E-state index in [0.717, 1.165) is 32.6 Å². The molecule has 4 nitrogen and oxygen atoms in total. The van der Waals surface area contributed by atoms with Crippen LogP contribution in [-0.4, -0.2) is 12.2 Å².